The molecule has 6 nitrogen and oxygen atoms in total. The van der Waals surface area contributed by atoms with Crippen LogP contribution in [0.5, 0.6) is 0 Å². The predicted octanol–water partition coefficient (Wildman–Crippen LogP) is 1.95. The number of aromatic nitrogens is 1. The summed E-state index contributed by atoms with van der Waals surface area (Å²) in [6.07, 6.45) is 15.0. The van der Waals surface area contributed by atoms with Gasteiger partial charge in [0.2, 0.25) is 0 Å². The van der Waals surface area contributed by atoms with E-state index in [1.807, 2.05) is 12.3 Å². The molecule has 1 fully saturated rings. The lowest BCUT2D eigenvalue weighted by Crippen LogP contribution is -2.51. The van der Waals surface area contributed by atoms with Gasteiger partial charge in [-0.15, -0.1) is 0 Å². The molecule has 4 aliphatic heterocycles. The topological polar surface area (TPSA) is 37.9 Å². The summed E-state index contributed by atoms with van der Waals surface area (Å²) in [6, 6.07) is 4.75. The SMILES string of the molecule is Cc1cccnc1C1C=C2CN(CC3C=C4C=CC=CN4N3)CCN2N1C. The Hall–Kier alpha value is -2.41. The Labute approximate surface area is 160 Å². The molecule has 1 aromatic rings. The van der Waals surface area contributed by atoms with Crippen LogP contribution in [0.3, 0.4) is 0 Å². The summed E-state index contributed by atoms with van der Waals surface area (Å²) in [5.74, 6) is 0. The fourth-order valence-corrected chi connectivity index (χ4v) is 4.43. The molecule has 0 amide bonds. The van der Waals surface area contributed by atoms with Crippen molar-refractivity contribution in [1.82, 2.24) is 30.3 Å². The first-order valence-corrected chi connectivity index (χ1v) is 9.66. The number of nitrogens with zero attached hydrogens (tertiary/aromatic N) is 5. The van der Waals surface area contributed by atoms with E-state index in [0.29, 0.717) is 6.04 Å². The van der Waals surface area contributed by atoms with Crippen LogP contribution < -0.4 is 5.43 Å². The van der Waals surface area contributed by atoms with Crippen LogP contribution in [0, 0.1) is 6.92 Å². The highest BCUT2D eigenvalue weighted by molar-refractivity contribution is 5.32. The van der Waals surface area contributed by atoms with Gasteiger partial charge in [0, 0.05) is 51.3 Å². The molecule has 0 radical (unpaired) electrons. The normalized spacial score (nSPS) is 27.6. The third-order valence-electron chi connectivity index (χ3n) is 5.83. The molecule has 5 rings (SSSR count). The van der Waals surface area contributed by atoms with E-state index in [1.54, 1.807) is 0 Å². The number of allylic oxidation sites excluding steroid dienone is 3. The van der Waals surface area contributed by atoms with Gasteiger partial charge in [0.1, 0.15) is 0 Å². The lowest BCUT2D eigenvalue weighted by molar-refractivity contribution is -0.000914. The van der Waals surface area contributed by atoms with Gasteiger partial charge in [-0.2, -0.15) is 0 Å². The molecule has 6 heteroatoms. The number of likely N-dealkylation sites (N-methyl/N-ethyl adjacent to an activating group) is 1. The molecule has 0 aromatic carbocycles. The number of piperazine rings is 1. The number of hydrazine groups is 2. The lowest BCUT2D eigenvalue weighted by Gasteiger charge is -2.40. The second kappa shape index (κ2) is 6.64. The van der Waals surface area contributed by atoms with Gasteiger partial charge in [0.25, 0.3) is 0 Å². The summed E-state index contributed by atoms with van der Waals surface area (Å²) in [6.45, 7) is 6.25. The van der Waals surface area contributed by atoms with E-state index >= 15 is 0 Å². The fourth-order valence-electron chi connectivity index (χ4n) is 4.43. The van der Waals surface area contributed by atoms with Gasteiger partial charge in [-0.05, 0) is 42.9 Å². The monoisotopic (exact) mass is 362 g/mol. The van der Waals surface area contributed by atoms with E-state index in [1.165, 1.54) is 17.0 Å². The van der Waals surface area contributed by atoms with Crippen LogP contribution in [0.25, 0.3) is 0 Å². The van der Waals surface area contributed by atoms with Crippen molar-refractivity contribution in [3.8, 4) is 0 Å². The van der Waals surface area contributed by atoms with E-state index in [0.717, 1.165) is 31.9 Å². The van der Waals surface area contributed by atoms with E-state index < -0.39 is 0 Å². The molecule has 2 atom stereocenters. The summed E-state index contributed by atoms with van der Waals surface area (Å²) in [4.78, 5) is 7.20. The summed E-state index contributed by atoms with van der Waals surface area (Å²) >= 11 is 0. The Morgan fingerprint density at radius 1 is 1.22 bits per heavy atom. The van der Waals surface area contributed by atoms with Crippen LogP contribution in [0.15, 0.2) is 66.3 Å². The van der Waals surface area contributed by atoms with Crippen molar-refractivity contribution in [3.05, 3.63) is 77.6 Å². The highest BCUT2D eigenvalue weighted by atomic mass is 15.7. The molecule has 0 bridgehead atoms. The van der Waals surface area contributed by atoms with Gasteiger partial charge in [0.05, 0.1) is 23.5 Å². The number of hydrogen-bond acceptors (Lipinski definition) is 6. The molecule has 4 aliphatic rings. The maximum absolute atomic E-state index is 4.65. The Morgan fingerprint density at radius 3 is 3.00 bits per heavy atom. The average molecular weight is 362 g/mol. The molecule has 1 aromatic heterocycles. The summed E-state index contributed by atoms with van der Waals surface area (Å²) < 4.78 is 0. The van der Waals surface area contributed by atoms with Crippen molar-refractivity contribution in [1.29, 1.82) is 0 Å². The van der Waals surface area contributed by atoms with Crippen LogP contribution in [-0.2, 0) is 0 Å². The summed E-state index contributed by atoms with van der Waals surface area (Å²) in [5, 5.41) is 6.88. The third-order valence-corrected chi connectivity index (χ3v) is 5.83. The van der Waals surface area contributed by atoms with Crippen molar-refractivity contribution >= 4 is 0 Å². The van der Waals surface area contributed by atoms with Gasteiger partial charge >= 0.3 is 0 Å². The zero-order chi connectivity index (χ0) is 18.4. The first-order chi connectivity index (χ1) is 13.2. The summed E-state index contributed by atoms with van der Waals surface area (Å²) in [5.41, 5.74) is 8.60. The largest absolute Gasteiger partial charge is 0.307 e. The van der Waals surface area contributed by atoms with E-state index in [9.17, 15) is 0 Å². The number of aryl methyl sites for hydroxylation is 1. The number of fused-ring (bicyclic) bond motifs is 2. The van der Waals surface area contributed by atoms with Crippen molar-refractivity contribution in [2.75, 3.05) is 33.2 Å². The Morgan fingerprint density at radius 2 is 2.15 bits per heavy atom. The standard InChI is InChI=1S/C21H26N6/c1-16-6-5-8-22-21(16)20-13-19-15-25(10-11-27(19)24(20)2)14-17-12-18-7-3-4-9-26(18)23-17/h3-9,12-13,17,20,23H,10-11,14-15H2,1-2H3. The van der Waals surface area contributed by atoms with Gasteiger partial charge in [0.15, 0.2) is 0 Å². The van der Waals surface area contributed by atoms with Crippen molar-refractivity contribution in [2.45, 2.75) is 19.0 Å². The number of pyridine rings is 1. The maximum atomic E-state index is 4.65. The zero-order valence-corrected chi connectivity index (χ0v) is 15.9. The van der Waals surface area contributed by atoms with Crippen LogP contribution in [0.2, 0.25) is 0 Å². The van der Waals surface area contributed by atoms with E-state index in [2.05, 4.69) is 87.0 Å². The lowest BCUT2D eigenvalue weighted by atomic mass is 10.1. The number of nitrogens with one attached hydrogen (secondary N) is 1. The Kier molecular flexibility index (Phi) is 4.11. The highest BCUT2D eigenvalue weighted by Gasteiger charge is 2.35. The highest BCUT2D eigenvalue weighted by Crippen LogP contribution is 2.34. The quantitative estimate of drug-likeness (QED) is 0.886. The molecular formula is C21H26N6. The third kappa shape index (κ3) is 3.00. The number of hydrogen-bond donors (Lipinski definition) is 1. The molecule has 1 N–H and O–H groups in total. The van der Waals surface area contributed by atoms with Crippen LogP contribution >= 0.6 is 0 Å². The molecule has 0 spiro atoms. The predicted molar refractivity (Wildman–Crippen MR) is 106 cm³/mol. The minimum Gasteiger partial charge on any atom is -0.307 e. The fraction of sp³-hybridized carbons (Fsp3) is 0.381. The molecular weight excluding hydrogens is 336 g/mol. The zero-order valence-electron chi connectivity index (χ0n) is 15.9. The smallest absolute Gasteiger partial charge is 0.0914 e. The molecule has 0 aliphatic carbocycles. The molecule has 1 saturated heterocycles. The van der Waals surface area contributed by atoms with Gasteiger partial charge in [-0.1, -0.05) is 12.1 Å². The minimum atomic E-state index is 0.233. The first kappa shape index (κ1) is 16.7. The van der Waals surface area contributed by atoms with Crippen molar-refractivity contribution in [3.63, 3.8) is 0 Å². The number of rotatable bonds is 3. The second-order valence-corrected chi connectivity index (χ2v) is 7.64. The van der Waals surface area contributed by atoms with Crippen molar-refractivity contribution in [2.24, 2.45) is 0 Å². The van der Waals surface area contributed by atoms with Crippen LogP contribution in [-0.4, -0.2) is 64.2 Å². The van der Waals surface area contributed by atoms with Crippen LogP contribution in [0.1, 0.15) is 17.3 Å². The Balaban J connectivity index is 1.29. The van der Waals surface area contributed by atoms with Gasteiger partial charge in [-0.25, -0.2) is 10.4 Å². The van der Waals surface area contributed by atoms with Crippen molar-refractivity contribution < 1.29 is 0 Å². The molecule has 140 valence electrons. The van der Waals surface area contributed by atoms with Gasteiger partial charge in [-0.3, -0.25) is 14.9 Å². The van der Waals surface area contributed by atoms with E-state index in [4.69, 9.17) is 0 Å². The first-order valence-electron chi connectivity index (χ1n) is 9.66. The average Bonchev–Trinajstić information content (AvgIpc) is 3.22. The molecule has 0 saturated carbocycles. The second-order valence-electron chi connectivity index (χ2n) is 7.64. The molecule has 5 heterocycles. The molecule has 2 unspecified atom stereocenters. The maximum Gasteiger partial charge on any atom is 0.0914 e. The van der Waals surface area contributed by atoms with Crippen LogP contribution in [0.4, 0.5) is 0 Å². The summed E-state index contributed by atoms with van der Waals surface area (Å²) in [7, 11) is 2.18. The molecule has 27 heavy (non-hydrogen) atoms. The Bertz CT molecular complexity index is 854. The van der Waals surface area contributed by atoms with E-state index in [-0.39, 0.29) is 6.04 Å². The van der Waals surface area contributed by atoms with Gasteiger partial charge < -0.3 is 5.01 Å². The minimum absolute atomic E-state index is 0.233.